The van der Waals surface area contributed by atoms with Crippen LogP contribution in [0.2, 0.25) is 0 Å². The van der Waals surface area contributed by atoms with E-state index in [9.17, 15) is 19.5 Å². The molecule has 2 rings (SSSR count). The standard InChI is InChI=1S/C14H20N2O4/c1-14(2)13(20)15-7-8-16(14)11(17)9-5-3-4-6-10(9)12(18)19/h3-4,9-10H,5-8H2,1-2H3,(H,15,20)(H,18,19). The number of carboxylic acids is 1. The molecule has 0 aromatic carbocycles. The number of nitrogens with zero attached hydrogens (tertiary/aromatic N) is 1. The van der Waals surface area contributed by atoms with Crippen LogP contribution in [-0.4, -0.2) is 46.4 Å². The molecule has 1 aliphatic carbocycles. The molecule has 2 amide bonds. The van der Waals surface area contributed by atoms with Gasteiger partial charge in [0.05, 0.1) is 11.8 Å². The zero-order chi connectivity index (χ0) is 14.9. The molecule has 0 aromatic rings. The highest BCUT2D eigenvalue weighted by atomic mass is 16.4. The van der Waals surface area contributed by atoms with Crippen LogP contribution in [0.3, 0.4) is 0 Å². The number of hydrogen-bond donors (Lipinski definition) is 2. The van der Waals surface area contributed by atoms with E-state index in [4.69, 9.17) is 0 Å². The van der Waals surface area contributed by atoms with Crippen LogP contribution in [0.15, 0.2) is 12.2 Å². The van der Waals surface area contributed by atoms with Gasteiger partial charge in [0.2, 0.25) is 11.8 Å². The van der Waals surface area contributed by atoms with Crippen LogP contribution in [0.1, 0.15) is 26.7 Å². The monoisotopic (exact) mass is 280 g/mol. The van der Waals surface area contributed by atoms with Gasteiger partial charge >= 0.3 is 5.97 Å². The van der Waals surface area contributed by atoms with E-state index in [1.54, 1.807) is 19.9 Å². The highest BCUT2D eigenvalue weighted by Gasteiger charge is 2.45. The van der Waals surface area contributed by atoms with Crippen molar-refractivity contribution in [2.75, 3.05) is 13.1 Å². The van der Waals surface area contributed by atoms with E-state index in [1.807, 2.05) is 6.08 Å². The average Bonchev–Trinajstić information content (AvgIpc) is 2.41. The molecule has 1 saturated heterocycles. The first-order chi connectivity index (χ1) is 9.35. The molecular formula is C14H20N2O4. The molecule has 6 heteroatoms. The van der Waals surface area contributed by atoms with Crippen molar-refractivity contribution in [2.45, 2.75) is 32.2 Å². The molecule has 1 heterocycles. The number of piperazine rings is 1. The van der Waals surface area contributed by atoms with Gasteiger partial charge in [-0.1, -0.05) is 12.2 Å². The molecule has 0 aromatic heterocycles. The van der Waals surface area contributed by atoms with Gasteiger partial charge in [-0.05, 0) is 26.7 Å². The van der Waals surface area contributed by atoms with Crippen molar-refractivity contribution < 1.29 is 19.5 Å². The molecule has 2 atom stereocenters. The second kappa shape index (κ2) is 5.26. The van der Waals surface area contributed by atoms with E-state index in [0.717, 1.165) is 0 Å². The molecule has 1 fully saturated rings. The van der Waals surface area contributed by atoms with Crippen molar-refractivity contribution >= 4 is 17.8 Å². The largest absolute Gasteiger partial charge is 0.481 e. The summed E-state index contributed by atoms with van der Waals surface area (Å²) in [6, 6.07) is 0. The molecule has 0 radical (unpaired) electrons. The predicted molar refractivity (Wildman–Crippen MR) is 71.8 cm³/mol. The number of hydrogen-bond acceptors (Lipinski definition) is 3. The first kappa shape index (κ1) is 14.6. The minimum atomic E-state index is -0.952. The minimum absolute atomic E-state index is 0.199. The summed E-state index contributed by atoms with van der Waals surface area (Å²) in [6.45, 7) is 4.21. The summed E-state index contributed by atoms with van der Waals surface area (Å²) in [6.07, 6.45) is 4.44. The van der Waals surface area contributed by atoms with E-state index in [0.29, 0.717) is 25.9 Å². The highest BCUT2D eigenvalue weighted by molar-refractivity contribution is 5.94. The minimum Gasteiger partial charge on any atom is -0.481 e. The molecule has 6 nitrogen and oxygen atoms in total. The van der Waals surface area contributed by atoms with E-state index in [-0.39, 0.29) is 11.8 Å². The second-order valence-corrected chi connectivity index (χ2v) is 5.80. The van der Waals surface area contributed by atoms with E-state index in [2.05, 4.69) is 5.32 Å². The maximum Gasteiger partial charge on any atom is 0.307 e. The van der Waals surface area contributed by atoms with Gasteiger partial charge in [0, 0.05) is 13.1 Å². The lowest BCUT2D eigenvalue weighted by Gasteiger charge is -2.43. The quantitative estimate of drug-likeness (QED) is 0.716. The smallest absolute Gasteiger partial charge is 0.307 e. The number of carbonyl (C=O) groups is 3. The van der Waals surface area contributed by atoms with E-state index < -0.39 is 23.3 Å². The van der Waals surface area contributed by atoms with Crippen molar-refractivity contribution in [3.05, 3.63) is 12.2 Å². The number of allylic oxidation sites excluding steroid dienone is 2. The van der Waals surface area contributed by atoms with Gasteiger partial charge in [0.25, 0.3) is 0 Å². The lowest BCUT2D eigenvalue weighted by Crippen LogP contribution is -2.64. The van der Waals surface area contributed by atoms with Gasteiger partial charge < -0.3 is 15.3 Å². The van der Waals surface area contributed by atoms with Crippen LogP contribution in [0.5, 0.6) is 0 Å². The maximum atomic E-state index is 12.7. The topological polar surface area (TPSA) is 86.7 Å². The summed E-state index contributed by atoms with van der Waals surface area (Å²) < 4.78 is 0. The summed E-state index contributed by atoms with van der Waals surface area (Å²) in [5.74, 6) is -2.67. The molecule has 2 N–H and O–H groups in total. The number of aliphatic carboxylic acids is 1. The van der Waals surface area contributed by atoms with Crippen LogP contribution in [-0.2, 0) is 14.4 Å². The number of carbonyl (C=O) groups excluding carboxylic acids is 2. The van der Waals surface area contributed by atoms with Gasteiger partial charge in [-0.3, -0.25) is 14.4 Å². The first-order valence-electron chi connectivity index (χ1n) is 6.83. The second-order valence-electron chi connectivity index (χ2n) is 5.80. The summed E-state index contributed by atoms with van der Waals surface area (Å²) in [5.41, 5.74) is -0.931. The average molecular weight is 280 g/mol. The molecule has 0 bridgehead atoms. The molecule has 0 spiro atoms. The van der Waals surface area contributed by atoms with Crippen LogP contribution in [0, 0.1) is 11.8 Å². The highest BCUT2D eigenvalue weighted by Crippen LogP contribution is 2.30. The Balaban J connectivity index is 2.23. The Labute approximate surface area is 117 Å². The molecule has 2 unspecified atom stereocenters. The third-order valence-corrected chi connectivity index (χ3v) is 4.18. The van der Waals surface area contributed by atoms with Gasteiger partial charge in [0.15, 0.2) is 0 Å². The van der Waals surface area contributed by atoms with Crippen molar-refractivity contribution in [2.24, 2.45) is 11.8 Å². The summed E-state index contributed by atoms with van der Waals surface area (Å²) in [4.78, 5) is 37.4. The zero-order valence-corrected chi connectivity index (χ0v) is 11.8. The Bertz CT molecular complexity index is 470. The third kappa shape index (κ3) is 2.42. The Morgan fingerprint density at radius 2 is 1.90 bits per heavy atom. The summed E-state index contributed by atoms with van der Waals surface area (Å²) >= 11 is 0. The van der Waals surface area contributed by atoms with Gasteiger partial charge in [0.1, 0.15) is 5.54 Å². The van der Waals surface area contributed by atoms with Crippen molar-refractivity contribution in [1.29, 1.82) is 0 Å². The molecule has 1 aliphatic heterocycles. The molecule has 2 aliphatic rings. The summed E-state index contributed by atoms with van der Waals surface area (Å²) in [5, 5.41) is 12.0. The zero-order valence-electron chi connectivity index (χ0n) is 11.8. The van der Waals surface area contributed by atoms with E-state index in [1.165, 1.54) is 4.90 Å². The Kier molecular flexibility index (Phi) is 3.83. The van der Waals surface area contributed by atoms with Crippen LogP contribution in [0.25, 0.3) is 0 Å². The molecule has 20 heavy (non-hydrogen) atoms. The number of rotatable bonds is 2. The van der Waals surface area contributed by atoms with Crippen LogP contribution >= 0.6 is 0 Å². The lowest BCUT2D eigenvalue weighted by molar-refractivity contribution is -0.157. The normalized spacial score (nSPS) is 28.9. The van der Waals surface area contributed by atoms with Crippen molar-refractivity contribution in [1.82, 2.24) is 10.2 Å². The molecule has 0 saturated carbocycles. The van der Waals surface area contributed by atoms with Gasteiger partial charge in [-0.15, -0.1) is 0 Å². The Morgan fingerprint density at radius 3 is 2.50 bits per heavy atom. The van der Waals surface area contributed by atoms with Crippen molar-refractivity contribution in [3.8, 4) is 0 Å². The first-order valence-corrected chi connectivity index (χ1v) is 6.83. The lowest BCUT2D eigenvalue weighted by atomic mass is 9.81. The SMILES string of the molecule is CC1(C)C(=O)NCCN1C(=O)C1CC=CCC1C(=O)O. The number of amides is 2. The van der Waals surface area contributed by atoms with Gasteiger partial charge in [-0.25, -0.2) is 0 Å². The number of carboxylic acid groups (broad SMARTS) is 1. The molecule has 110 valence electrons. The fraction of sp³-hybridized carbons (Fsp3) is 0.643. The van der Waals surface area contributed by atoms with Crippen LogP contribution < -0.4 is 5.32 Å². The van der Waals surface area contributed by atoms with Crippen molar-refractivity contribution in [3.63, 3.8) is 0 Å². The molecular weight excluding hydrogens is 260 g/mol. The maximum absolute atomic E-state index is 12.7. The Hall–Kier alpha value is -1.85. The summed E-state index contributed by atoms with van der Waals surface area (Å²) in [7, 11) is 0. The fourth-order valence-corrected chi connectivity index (χ4v) is 2.85. The predicted octanol–water partition coefficient (Wildman–Crippen LogP) is 0.390. The Morgan fingerprint density at radius 1 is 1.30 bits per heavy atom. The van der Waals surface area contributed by atoms with E-state index >= 15 is 0 Å². The van der Waals surface area contributed by atoms with Gasteiger partial charge in [-0.2, -0.15) is 0 Å². The fourth-order valence-electron chi connectivity index (χ4n) is 2.85. The number of nitrogens with one attached hydrogen (secondary N) is 1. The van der Waals surface area contributed by atoms with Crippen LogP contribution in [0.4, 0.5) is 0 Å². The third-order valence-electron chi connectivity index (χ3n) is 4.18.